The smallest absolute Gasteiger partial charge is 0.196 e. The van der Waals surface area contributed by atoms with Crippen LogP contribution in [0.1, 0.15) is 18.8 Å². The summed E-state index contributed by atoms with van der Waals surface area (Å²) in [5.74, 6) is 1.31. The quantitative estimate of drug-likeness (QED) is 0.681. The van der Waals surface area contributed by atoms with Gasteiger partial charge < -0.3 is 15.8 Å². The van der Waals surface area contributed by atoms with Crippen molar-refractivity contribution in [3.8, 4) is 5.75 Å². The number of tetrazole rings is 1. The Morgan fingerprint density at radius 1 is 1.47 bits per heavy atom. The molecule has 0 amide bonds. The molecule has 0 aliphatic rings. The summed E-state index contributed by atoms with van der Waals surface area (Å²) < 4.78 is 5.08. The topological polar surface area (TPSA) is 102 Å². The molecule has 17 heavy (non-hydrogen) atoms. The number of hydrogen-bond acceptors (Lipinski definition) is 6. The van der Waals surface area contributed by atoms with E-state index in [1.807, 2.05) is 19.1 Å². The maximum absolute atomic E-state index is 5.89. The third kappa shape index (κ3) is 2.44. The van der Waals surface area contributed by atoms with Gasteiger partial charge in [-0.15, -0.1) is 10.2 Å². The molecule has 1 aromatic heterocycles. The number of aromatic nitrogens is 4. The number of nitrogens with zero attached hydrogens (tertiary/aromatic N) is 3. The van der Waals surface area contributed by atoms with Crippen molar-refractivity contribution in [1.29, 1.82) is 0 Å². The van der Waals surface area contributed by atoms with Gasteiger partial charge in [-0.1, -0.05) is 5.21 Å². The Kier molecular flexibility index (Phi) is 3.08. The first-order valence-electron chi connectivity index (χ1n) is 5.14. The summed E-state index contributed by atoms with van der Waals surface area (Å²) in [6.45, 7) is 1.93. The molecule has 1 aromatic carbocycles. The number of H-pyrrole nitrogens is 1. The SMILES string of the molecule is COc1ccc(NC(C)c2nn[nH]n2)c(N)c1. The highest BCUT2D eigenvalue weighted by molar-refractivity contribution is 5.68. The van der Waals surface area contributed by atoms with E-state index >= 15 is 0 Å². The molecule has 0 aliphatic carbocycles. The third-order valence-corrected chi connectivity index (χ3v) is 2.38. The van der Waals surface area contributed by atoms with Crippen molar-refractivity contribution in [3.05, 3.63) is 24.0 Å². The average Bonchev–Trinajstić information content (AvgIpc) is 2.85. The van der Waals surface area contributed by atoms with Crippen molar-refractivity contribution in [2.24, 2.45) is 0 Å². The molecule has 90 valence electrons. The molecule has 0 radical (unpaired) electrons. The number of aromatic amines is 1. The van der Waals surface area contributed by atoms with Crippen LogP contribution >= 0.6 is 0 Å². The Morgan fingerprint density at radius 3 is 2.88 bits per heavy atom. The van der Waals surface area contributed by atoms with Gasteiger partial charge in [-0.3, -0.25) is 0 Å². The van der Waals surface area contributed by atoms with Crippen LogP contribution in [0, 0.1) is 0 Å². The number of rotatable bonds is 4. The molecule has 0 saturated heterocycles. The lowest BCUT2D eigenvalue weighted by atomic mass is 10.2. The van der Waals surface area contributed by atoms with Crippen molar-refractivity contribution in [1.82, 2.24) is 20.6 Å². The summed E-state index contributed by atoms with van der Waals surface area (Å²) in [7, 11) is 1.60. The maximum atomic E-state index is 5.89. The highest BCUT2D eigenvalue weighted by atomic mass is 16.5. The highest BCUT2D eigenvalue weighted by Gasteiger charge is 2.11. The average molecular weight is 234 g/mol. The van der Waals surface area contributed by atoms with Gasteiger partial charge in [-0.25, -0.2) is 0 Å². The molecular weight excluding hydrogens is 220 g/mol. The van der Waals surface area contributed by atoms with Gasteiger partial charge in [-0.05, 0) is 19.1 Å². The van der Waals surface area contributed by atoms with Crippen LogP contribution in [0.3, 0.4) is 0 Å². The standard InChI is InChI=1S/C10H14N6O/c1-6(10-13-15-16-14-10)12-9-4-3-7(17-2)5-8(9)11/h3-6,12H,11H2,1-2H3,(H,13,14,15,16). The molecule has 0 fully saturated rings. The fourth-order valence-corrected chi connectivity index (χ4v) is 1.45. The number of nitrogens with one attached hydrogen (secondary N) is 2. The van der Waals surface area contributed by atoms with Gasteiger partial charge >= 0.3 is 0 Å². The second-order valence-corrected chi connectivity index (χ2v) is 3.59. The lowest BCUT2D eigenvalue weighted by Crippen LogP contribution is -2.10. The first-order chi connectivity index (χ1) is 8.20. The minimum Gasteiger partial charge on any atom is -0.497 e. The predicted octanol–water partition coefficient (Wildman–Crippen LogP) is 0.964. The van der Waals surface area contributed by atoms with Crippen LogP contribution in [0.4, 0.5) is 11.4 Å². The normalized spacial score (nSPS) is 12.1. The van der Waals surface area contributed by atoms with E-state index in [0.29, 0.717) is 11.5 Å². The fourth-order valence-electron chi connectivity index (χ4n) is 1.45. The summed E-state index contributed by atoms with van der Waals surface area (Å²) in [5.41, 5.74) is 7.31. The molecule has 0 aliphatic heterocycles. The zero-order valence-electron chi connectivity index (χ0n) is 9.64. The number of nitrogens with two attached hydrogens (primary N) is 1. The first kappa shape index (κ1) is 11.2. The Balaban J connectivity index is 2.13. The summed E-state index contributed by atoms with van der Waals surface area (Å²) in [4.78, 5) is 0. The molecule has 1 heterocycles. The largest absolute Gasteiger partial charge is 0.497 e. The Bertz CT molecular complexity index is 484. The number of ether oxygens (including phenoxy) is 1. The molecule has 7 heteroatoms. The van der Waals surface area contributed by atoms with Gasteiger partial charge in [0.05, 0.1) is 24.5 Å². The number of anilines is 2. The van der Waals surface area contributed by atoms with E-state index in [-0.39, 0.29) is 6.04 Å². The van der Waals surface area contributed by atoms with Crippen LogP contribution in [-0.4, -0.2) is 27.7 Å². The Hall–Kier alpha value is -2.31. The minimum absolute atomic E-state index is 0.0792. The lowest BCUT2D eigenvalue weighted by molar-refractivity contribution is 0.415. The van der Waals surface area contributed by atoms with E-state index < -0.39 is 0 Å². The monoisotopic (exact) mass is 234 g/mol. The summed E-state index contributed by atoms with van der Waals surface area (Å²) in [6, 6.07) is 5.36. The summed E-state index contributed by atoms with van der Waals surface area (Å²) in [6.07, 6.45) is 0. The summed E-state index contributed by atoms with van der Waals surface area (Å²) in [5, 5.41) is 16.9. The number of hydrogen-bond donors (Lipinski definition) is 3. The van der Waals surface area contributed by atoms with Gasteiger partial charge in [0.2, 0.25) is 0 Å². The molecular formula is C10H14N6O. The van der Waals surface area contributed by atoms with E-state index in [9.17, 15) is 0 Å². The molecule has 7 nitrogen and oxygen atoms in total. The Morgan fingerprint density at radius 2 is 2.29 bits per heavy atom. The van der Waals surface area contributed by atoms with E-state index in [2.05, 4.69) is 25.9 Å². The molecule has 2 rings (SSSR count). The van der Waals surface area contributed by atoms with Crippen molar-refractivity contribution < 1.29 is 4.74 Å². The van der Waals surface area contributed by atoms with Crippen LogP contribution in [0.25, 0.3) is 0 Å². The van der Waals surface area contributed by atoms with Crippen molar-refractivity contribution in [2.45, 2.75) is 13.0 Å². The van der Waals surface area contributed by atoms with Gasteiger partial charge in [0.25, 0.3) is 0 Å². The summed E-state index contributed by atoms with van der Waals surface area (Å²) >= 11 is 0. The van der Waals surface area contributed by atoms with E-state index in [1.54, 1.807) is 13.2 Å². The molecule has 0 spiro atoms. The number of methoxy groups -OCH3 is 1. The fraction of sp³-hybridized carbons (Fsp3) is 0.300. The molecule has 1 unspecified atom stereocenters. The molecule has 1 atom stereocenters. The van der Waals surface area contributed by atoms with E-state index in [4.69, 9.17) is 10.5 Å². The van der Waals surface area contributed by atoms with Crippen molar-refractivity contribution in [3.63, 3.8) is 0 Å². The number of benzene rings is 1. The van der Waals surface area contributed by atoms with Crippen molar-refractivity contribution >= 4 is 11.4 Å². The minimum atomic E-state index is -0.0792. The molecule has 0 saturated carbocycles. The number of nitrogen functional groups attached to an aromatic ring is 1. The van der Waals surface area contributed by atoms with Crippen LogP contribution in [0.5, 0.6) is 5.75 Å². The van der Waals surface area contributed by atoms with Crippen LogP contribution in [0.2, 0.25) is 0 Å². The maximum Gasteiger partial charge on any atom is 0.196 e. The zero-order valence-corrected chi connectivity index (χ0v) is 9.64. The molecule has 4 N–H and O–H groups in total. The second-order valence-electron chi connectivity index (χ2n) is 3.59. The first-order valence-corrected chi connectivity index (χ1v) is 5.14. The van der Waals surface area contributed by atoms with Gasteiger partial charge in [0, 0.05) is 6.07 Å². The highest BCUT2D eigenvalue weighted by Crippen LogP contribution is 2.26. The lowest BCUT2D eigenvalue weighted by Gasteiger charge is -2.14. The molecule has 0 bridgehead atoms. The third-order valence-electron chi connectivity index (χ3n) is 2.38. The Labute approximate surface area is 98.4 Å². The zero-order chi connectivity index (χ0) is 12.3. The predicted molar refractivity (Wildman–Crippen MR) is 63.6 cm³/mol. The van der Waals surface area contributed by atoms with Crippen LogP contribution in [0.15, 0.2) is 18.2 Å². The molecule has 2 aromatic rings. The van der Waals surface area contributed by atoms with Crippen molar-refractivity contribution in [2.75, 3.05) is 18.2 Å². The van der Waals surface area contributed by atoms with Gasteiger partial charge in [0.15, 0.2) is 5.82 Å². The van der Waals surface area contributed by atoms with E-state index in [0.717, 1.165) is 11.4 Å². The van der Waals surface area contributed by atoms with Gasteiger partial charge in [0.1, 0.15) is 5.75 Å². The van der Waals surface area contributed by atoms with E-state index in [1.165, 1.54) is 0 Å². The van der Waals surface area contributed by atoms with Crippen LogP contribution in [-0.2, 0) is 0 Å². The van der Waals surface area contributed by atoms with Gasteiger partial charge in [-0.2, -0.15) is 5.21 Å². The van der Waals surface area contributed by atoms with Crippen LogP contribution < -0.4 is 15.8 Å². The second kappa shape index (κ2) is 4.69.